The molecule has 1 nitrogen and oxygen atoms in total. The Labute approximate surface area is 68.1 Å². The summed E-state index contributed by atoms with van der Waals surface area (Å²) in [6, 6.07) is 0. The van der Waals surface area contributed by atoms with E-state index in [9.17, 15) is 5.11 Å². The van der Waals surface area contributed by atoms with Crippen LogP contribution in [0.15, 0.2) is 12.2 Å². The largest absolute Gasteiger partial charge is 0.389 e. The fourth-order valence-corrected chi connectivity index (χ4v) is 2.29. The van der Waals surface area contributed by atoms with Gasteiger partial charge in [0.1, 0.15) is 0 Å². The zero-order valence-electron chi connectivity index (χ0n) is 6.97. The Morgan fingerprint density at radius 3 is 2.27 bits per heavy atom. The molecule has 0 aromatic heterocycles. The van der Waals surface area contributed by atoms with Gasteiger partial charge in [-0.1, -0.05) is 31.4 Å². The molecule has 0 aromatic carbocycles. The van der Waals surface area contributed by atoms with Crippen molar-refractivity contribution < 1.29 is 5.11 Å². The zero-order chi connectivity index (χ0) is 7.90. The third kappa shape index (κ3) is 1.22. The van der Waals surface area contributed by atoms with Crippen molar-refractivity contribution in [2.75, 3.05) is 0 Å². The minimum absolute atomic E-state index is 0.338. The van der Waals surface area contributed by atoms with Crippen molar-refractivity contribution in [1.29, 1.82) is 0 Å². The first-order valence-electron chi connectivity index (χ1n) is 4.62. The van der Waals surface area contributed by atoms with Gasteiger partial charge in [-0.25, -0.2) is 0 Å². The van der Waals surface area contributed by atoms with E-state index in [-0.39, 0.29) is 5.60 Å². The van der Waals surface area contributed by atoms with Gasteiger partial charge in [0.15, 0.2) is 0 Å². The van der Waals surface area contributed by atoms with Crippen molar-refractivity contribution >= 4 is 0 Å². The molecule has 0 amide bonds. The van der Waals surface area contributed by atoms with Crippen molar-refractivity contribution in [1.82, 2.24) is 0 Å². The van der Waals surface area contributed by atoms with E-state index in [1.54, 1.807) is 0 Å². The molecule has 1 atom stereocenters. The molecule has 2 rings (SSSR count). The molecule has 1 N–H and O–H groups in total. The van der Waals surface area contributed by atoms with E-state index in [0.29, 0.717) is 5.92 Å². The maximum Gasteiger partial charge on any atom is 0.0715 e. The molecule has 2 saturated carbocycles. The zero-order valence-corrected chi connectivity index (χ0v) is 6.97. The van der Waals surface area contributed by atoms with Crippen LogP contribution in [0.2, 0.25) is 0 Å². The molecule has 0 radical (unpaired) electrons. The molecule has 2 aliphatic carbocycles. The topological polar surface area (TPSA) is 20.2 Å². The van der Waals surface area contributed by atoms with E-state index in [0.717, 1.165) is 19.3 Å². The average molecular weight is 152 g/mol. The lowest BCUT2D eigenvalue weighted by Gasteiger charge is -2.31. The first-order chi connectivity index (χ1) is 5.22. The summed E-state index contributed by atoms with van der Waals surface area (Å²) in [4.78, 5) is 0. The molecule has 0 heterocycles. The lowest BCUT2D eigenvalue weighted by molar-refractivity contribution is -0.0128. The van der Waals surface area contributed by atoms with Gasteiger partial charge in [0, 0.05) is 5.92 Å². The minimum Gasteiger partial charge on any atom is -0.389 e. The molecule has 0 bridgehead atoms. The maximum absolute atomic E-state index is 10.1. The van der Waals surface area contributed by atoms with Gasteiger partial charge in [-0.15, -0.1) is 0 Å². The van der Waals surface area contributed by atoms with Crippen LogP contribution in [0.4, 0.5) is 0 Å². The van der Waals surface area contributed by atoms with Gasteiger partial charge in [-0.05, 0) is 19.3 Å². The third-order valence-corrected chi connectivity index (χ3v) is 3.17. The second kappa shape index (κ2) is 2.34. The first kappa shape index (κ1) is 7.35. The van der Waals surface area contributed by atoms with Gasteiger partial charge in [-0.2, -0.15) is 0 Å². The summed E-state index contributed by atoms with van der Waals surface area (Å²) in [6.07, 6.45) is 6.83. The van der Waals surface area contributed by atoms with Crippen LogP contribution >= 0.6 is 0 Å². The predicted molar refractivity (Wildman–Crippen MR) is 45.3 cm³/mol. The van der Waals surface area contributed by atoms with E-state index in [4.69, 9.17) is 0 Å². The van der Waals surface area contributed by atoms with Gasteiger partial charge in [0.25, 0.3) is 0 Å². The highest BCUT2D eigenvalue weighted by atomic mass is 16.3. The number of hydrogen-bond acceptors (Lipinski definition) is 1. The van der Waals surface area contributed by atoms with Crippen molar-refractivity contribution in [3.8, 4) is 0 Å². The molecule has 0 unspecified atom stereocenters. The summed E-state index contributed by atoms with van der Waals surface area (Å²) >= 11 is 0. The molecular weight excluding hydrogens is 136 g/mol. The highest BCUT2D eigenvalue weighted by Crippen LogP contribution is 2.50. The molecule has 2 fully saturated rings. The van der Waals surface area contributed by atoms with E-state index in [1.165, 1.54) is 24.8 Å². The summed E-state index contributed by atoms with van der Waals surface area (Å²) < 4.78 is 0. The third-order valence-electron chi connectivity index (χ3n) is 3.17. The Morgan fingerprint density at radius 1 is 1.27 bits per heavy atom. The molecule has 1 heteroatoms. The summed E-state index contributed by atoms with van der Waals surface area (Å²) in [5, 5.41) is 10.1. The Hall–Kier alpha value is -0.300. The average Bonchev–Trinajstić information content (AvgIpc) is 2.69. The number of aliphatic hydroxyl groups is 1. The van der Waals surface area contributed by atoms with E-state index in [2.05, 4.69) is 6.58 Å². The van der Waals surface area contributed by atoms with E-state index < -0.39 is 0 Å². The van der Waals surface area contributed by atoms with Crippen molar-refractivity contribution in [3.63, 3.8) is 0 Å². The van der Waals surface area contributed by atoms with Gasteiger partial charge >= 0.3 is 0 Å². The second-order valence-electron chi connectivity index (χ2n) is 4.08. The Morgan fingerprint density at radius 2 is 1.82 bits per heavy atom. The molecule has 62 valence electrons. The van der Waals surface area contributed by atoms with Crippen molar-refractivity contribution in [3.05, 3.63) is 12.2 Å². The monoisotopic (exact) mass is 152 g/mol. The molecule has 2 aliphatic rings. The summed E-state index contributed by atoms with van der Waals surface area (Å²) in [5.74, 6) is 0.461. The predicted octanol–water partition coefficient (Wildman–Crippen LogP) is 2.26. The fourth-order valence-electron chi connectivity index (χ4n) is 2.29. The van der Waals surface area contributed by atoms with Gasteiger partial charge in [-0.3, -0.25) is 0 Å². The van der Waals surface area contributed by atoms with Crippen LogP contribution < -0.4 is 0 Å². The van der Waals surface area contributed by atoms with Crippen molar-refractivity contribution in [2.45, 2.75) is 44.1 Å². The molecule has 0 spiro atoms. The second-order valence-corrected chi connectivity index (χ2v) is 4.08. The summed E-state index contributed by atoms with van der Waals surface area (Å²) in [5.41, 5.74) is 0.935. The van der Waals surface area contributed by atoms with Crippen LogP contribution in [0.3, 0.4) is 0 Å². The van der Waals surface area contributed by atoms with E-state index >= 15 is 0 Å². The lowest BCUT2D eigenvalue weighted by Crippen LogP contribution is -2.33. The van der Waals surface area contributed by atoms with Crippen LogP contribution in [-0.4, -0.2) is 10.7 Å². The number of hydrogen-bond donors (Lipinski definition) is 1. The molecular formula is C10H16O. The molecule has 11 heavy (non-hydrogen) atoms. The fraction of sp³-hybridized carbons (Fsp3) is 0.800. The van der Waals surface area contributed by atoms with Gasteiger partial charge < -0.3 is 5.11 Å². The van der Waals surface area contributed by atoms with Gasteiger partial charge in [0.05, 0.1) is 5.60 Å². The summed E-state index contributed by atoms with van der Waals surface area (Å²) in [6.45, 7) is 3.91. The molecule has 0 aromatic rings. The molecule has 0 aliphatic heterocycles. The first-order valence-corrected chi connectivity index (χ1v) is 4.62. The molecule has 0 saturated heterocycles. The van der Waals surface area contributed by atoms with E-state index in [1.807, 2.05) is 0 Å². The van der Waals surface area contributed by atoms with Crippen LogP contribution in [0.5, 0.6) is 0 Å². The van der Waals surface area contributed by atoms with Crippen LogP contribution in [0, 0.1) is 5.92 Å². The summed E-state index contributed by atoms with van der Waals surface area (Å²) in [7, 11) is 0. The Balaban J connectivity index is 2.02. The highest BCUT2D eigenvalue weighted by molar-refractivity contribution is 5.25. The lowest BCUT2D eigenvalue weighted by atomic mass is 9.81. The van der Waals surface area contributed by atoms with Crippen LogP contribution in [-0.2, 0) is 0 Å². The van der Waals surface area contributed by atoms with Crippen LogP contribution in [0.25, 0.3) is 0 Å². The minimum atomic E-state index is -0.338. The Kier molecular flexibility index (Phi) is 1.57. The smallest absolute Gasteiger partial charge is 0.0715 e. The quantitative estimate of drug-likeness (QED) is 0.571. The van der Waals surface area contributed by atoms with Crippen LogP contribution in [0.1, 0.15) is 38.5 Å². The van der Waals surface area contributed by atoms with Crippen molar-refractivity contribution in [2.24, 2.45) is 5.92 Å². The standard InChI is InChI=1S/C10H16O/c1-8-7-9(8)10(11)5-3-2-4-6-10/h9,11H,1-7H2/t9-/m0/s1. The number of rotatable bonds is 1. The normalized spacial score (nSPS) is 35.4. The Bertz CT molecular complexity index is 177. The maximum atomic E-state index is 10.1. The highest BCUT2D eigenvalue weighted by Gasteiger charge is 2.46. The SMILES string of the molecule is C=C1C[C@@H]1C1(O)CCCCC1. The van der Waals surface area contributed by atoms with Gasteiger partial charge in [0.2, 0.25) is 0 Å².